The van der Waals surface area contributed by atoms with Gasteiger partial charge in [0.1, 0.15) is 6.10 Å². The third kappa shape index (κ3) is 3.32. The van der Waals surface area contributed by atoms with Crippen molar-refractivity contribution in [3.8, 4) is 0 Å². The third-order valence-electron chi connectivity index (χ3n) is 1.45. The Labute approximate surface area is 81.5 Å². The third-order valence-corrected chi connectivity index (χ3v) is 1.45. The number of aliphatic hydroxyl groups excluding tert-OH is 1. The molecule has 2 N–H and O–H groups in total. The van der Waals surface area contributed by atoms with Crippen LogP contribution in [0.15, 0.2) is 29.6 Å². The van der Waals surface area contributed by atoms with E-state index < -0.39 is 12.0 Å². The Hall–Kier alpha value is -1.75. The van der Waals surface area contributed by atoms with Gasteiger partial charge in [-0.05, 0) is 13.0 Å². The molecule has 5 nitrogen and oxygen atoms in total. The van der Waals surface area contributed by atoms with Crippen LogP contribution < -0.4 is 5.43 Å². The van der Waals surface area contributed by atoms with Crippen molar-refractivity contribution in [3.05, 3.63) is 30.1 Å². The van der Waals surface area contributed by atoms with Gasteiger partial charge < -0.3 is 5.11 Å². The molecule has 0 aliphatic rings. The van der Waals surface area contributed by atoms with Crippen LogP contribution in [0.2, 0.25) is 0 Å². The van der Waals surface area contributed by atoms with Gasteiger partial charge in [-0.2, -0.15) is 5.10 Å². The van der Waals surface area contributed by atoms with Gasteiger partial charge in [0.2, 0.25) is 0 Å². The molecule has 0 unspecified atom stereocenters. The Morgan fingerprint density at radius 2 is 2.57 bits per heavy atom. The molecule has 1 heterocycles. The highest BCUT2D eigenvalue weighted by Gasteiger charge is 2.05. The standard InChI is InChI=1S/C9H11N3O2/c1-7(13)9(14)12-11-6-8-3-2-4-10-5-8/h2-7,13H,1H3,(H,12,14)/b11-6-/t7-/m0/s1. The van der Waals surface area contributed by atoms with Crippen molar-refractivity contribution < 1.29 is 9.90 Å². The van der Waals surface area contributed by atoms with Gasteiger partial charge in [0, 0.05) is 18.0 Å². The van der Waals surface area contributed by atoms with Gasteiger partial charge in [-0.1, -0.05) is 6.07 Å². The highest BCUT2D eigenvalue weighted by atomic mass is 16.3. The smallest absolute Gasteiger partial charge is 0.268 e. The molecular weight excluding hydrogens is 182 g/mol. The summed E-state index contributed by atoms with van der Waals surface area (Å²) in [6, 6.07) is 3.56. The van der Waals surface area contributed by atoms with E-state index in [9.17, 15) is 4.79 Å². The van der Waals surface area contributed by atoms with E-state index in [0.717, 1.165) is 5.56 Å². The minimum absolute atomic E-state index is 0.537. The summed E-state index contributed by atoms with van der Waals surface area (Å²) in [5.74, 6) is -0.537. The second-order valence-electron chi connectivity index (χ2n) is 2.70. The molecule has 1 rings (SSSR count). The maximum Gasteiger partial charge on any atom is 0.268 e. The molecule has 5 heteroatoms. The lowest BCUT2D eigenvalue weighted by Crippen LogP contribution is -2.28. The number of carbonyl (C=O) groups is 1. The molecule has 1 aromatic heterocycles. The van der Waals surface area contributed by atoms with Gasteiger partial charge in [-0.25, -0.2) is 5.43 Å². The van der Waals surface area contributed by atoms with Crippen LogP contribution in [0, 0.1) is 0 Å². The summed E-state index contributed by atoms with van der Waals surface area (Å²) >= 11 is 0. The van der Waals surface area contributed by atoms with Gasteiger partial charge >= 0.3 is 0 Å². The number of amides is 1. The average molecular weight is 193 g/mol. The lowest BCUT2D eigenvalue weighted by molar-refractivity contribution is -0.128. The van der Waals surface area contributed by atoms with Crippen LogP contribution in [0.1, 0.15) is 12.5 Å². The zero-order chi connectivity index (χ0) is 10.4. The summed E-state index contributed by atoms with van der Waals surface area (Å²) in [5.41, 5.74) is 2.96. The Morgan fingerprint density at radius 3 is 3.14 bits per heavy atom. The predicted molar refractivity (Wildman–Crippen MR) is 51.7 cm³/mol. The maximum atomic E-state index is 10.8. The van der Waals surface area contributed by atoms with Crippen LogP contribution in [0.4, 0.5) is 0 Å². The topological polar surface area (TPSA) is 74.6 Å². The number of hydrogen-bond donors (Lipinski definition) is 2. The molecule has 74 valence electrons. The van der Waals surface area contributed by atoms with Gasteiger partial charge in [0.05, 0.1) is 6.21 Å². The average Bonchev–Trinajstić information content (AvgIpc) is 2.19. The van der Waals surface area contributed by atoms with Crippen LogP contribution in [0.5, 0.6) is 0 Å². The summed E-state index contributed by atoms with van der Waals surface area (Å²) in [4.78, 5) is 14.7. The molecule has 0 spiro atoms. The number of nitrogens with zero attached hydrogens (tertiary/aromatic N) is 2. The van der Waals surface area contributed by atoms with Crippen molar-refractivity contribution in [1.29, 1.82) is 0 Å². The Kier molecular flexibility index (Phi) is 3.75. The van der Waals surface area contributed by atoms with Gasteiger partial charge in [0.25, 0.3) is 5.91 Å². The summed E-state index contributed by atoms with van der Waals surface area (Å²) in [6.07, 6.45) is 3.65. The first-order valence-corrected chi connectivity index (χ1v) is 4.11. The van der Waals surface area contributed by atoms with Gasteiger partial charge in [0.15, 0.2) is 0 Å². The van der Waals surface area contributed by atoms with Crippen LogP contribution in [-0.2, 0) is 4.79 Å². The molecule has 0 radical (unpaired) electrons. The van der Waals surface area contributed by atoms with Crippen LogP contribution in [0.25, 0.3) is 0 Å². The van der Waals surface area contributed by atoms with E-state index in [1.165, 1.54) is 13.1 Å². The summed E-state index contributed by atoms with van der Waals surface area (Å²) in [7, 11) is 0. The van der Waals surface area contributed by atoms with E-state index in [1.54, 1.807) is 24.5 Å². The van der Waals surface area contributed by atoms with Crippen LogP contribution >= 0.6 is 0 Å². The fraction of sp³-hybridized carbons (Fsp3) is 0.222. The van der Waals surface area contributed by atoms with E-state index in [4.69, 9.17) is 5.11 Å². The van der Waals surface area contributed by atoms with Gasteiger partial charge in [-0.3, -0.25) is 9.78 Å². The zero-order valence-corrected chi connectivity index (χ0v) is 7.71. The Balaban J connectivity index is 2.46. The minimum Gasteiger partial charge on any atom is -0.383 e. The second-order valence-corrected chi connectivity index (χ2v) is 2.70. The highest BCUT2D eigenvalue weighted by Crippen LogP contribution is 1.89. The van der Waals surface area contributed by atoms with Crippen molar-refractivity contribution in [2.45, 2.75) is 13.0 Å². The molecule has 0 bridgehead atoms. The fourth-order valence-corrected chi connectivity index (χ4v) is 0.716. The Morgan fingerprint density at radius 1 is 1.79 bits per heavy atom. The molecule has 0 saturated carbocycles. The first-order chi connectivity index (χ1) is 6.70. The van der Waals surface area contributed by atoms with Crippen molar-refractivity contribution in [3.63, 3.8) is 0 Å². The van der Waals surface area contributed by atoms with Crippen LogP contribution in [0.3, 0.4) is 0 Å². The summed E-state index contributed by atoms with van der Waals surface area (Å²) in [6.45, 7) is 1.37. The van der Waals surface area contributed by atoms with E-state index in [1.807, 2.05) is 0 Å². The molecule has 0 saturated heterocycles. The lowest BCUT2D eigenvalue weighted by Gasteiger charge is -2.00. The largest absolute Gasteiger partial charge is 0.383 e. The molecule has 0 aliphatic heterocycles. The molecular formula is C9H11N3O2. The lowest BCUT2D eigenvalue weighted by atomic mass is 10.3. The number of hydrogen-bond acceptors (Lipinski definition) is 4. The number of pyridine rings is 1. The first kappa shape index (κ1) is 10.3. The number of nitrogens with one attached hydrogen (secondary N) is 1. The quantitative estimate of drug-likeness (QED) is 0.520. The number of hydrazone groups is 1. The molecule has 0 aliphatic carbocycles. The van der Waals surface area contributed by atoms with E-state index in [0.29, 0.717) is 0 Å². The number of carbonyl (C=O) groups excluding carboxylic acids is 1. The zero-order valence-electron chi connectivity index (χ0n) is 7.71. The Bertz CT molecular complexity index is 322. The number of rotatable bonds is 3. The second kappa shape index (κ2) is 5.08. The predicted octanol–water partition coefficient (Wildman–Crippen LogP) is -0.0875. The summed E-state index contributed by atoms with van der Waals surface area (Å²) < 4.78 is 0. The minimum atomic E-state index is -1.05. The molecule has 0 fully saturated rings. The van der Waals surface area contributed by atoms with E-state index in [-0.39, 0.29) is 0 Å². The van der Waals surface area contributed by atoms with Crippen LogP contribution in [-0.4, -0.2) is 28.3 Å². The fourth-order valence-electron chi connectivity index (χ4n) is 0.716. The first-order valence-electron chi connectivity index (χ1n) is 4.11. The van der Waals surface area contributed by atoms with Gasteiger partial charge in [-0.15, -0.1) is 0 Å². The van der Waals surface area contributed by atoms with E-state index >= 15 is 0 Å². The van der Waals surface area contributed by atoms with Crippen molar-refractivity contribution in [2.24, 2.45) is 5.10 Å². The SMILES string of the molecule is C[C@H](O)C(=O)N/N=C\c1cccnc1. The van der Waals surface area contributed by atoms with Crippen molar-refractivity contribution in [1.82, 2.24) is 10.4 Å². The molecule has 1 atom stereocenters. The normalized spacial score (nSPS) is 12.7. The highest BCUT2D eigenvalue weighted by molar-refractivity contribution is 5.83. The van der Waals surface area contributed by atoms with E-state index in [2.05, 4.69) is 15.5 Å². The van der Waals surface area contributed by atoms with Crippen molar-refractivity contribution in [2.75, 3.05) is 0 Å². The molecule has 1 amide bonds. The maximum absolute atomic E-state index is 10.8. The molecule has 0 aromatic carbocycles. The number of aliphatic hydroxyl groups is 1. The summed E-state index contributed by atoms with van der Waals surface area (Å²) in [5, 5.41) is 12.5. The number of aromatic nitrogens is 1. The van der Waals surface area contributed by atoms with Crippen molar-refractivity contribution >= 4 is 12.1 Å². The molecule has 14 heavy (non-hydrogen) atoms. The monoisotopic (exact) mass is 193 g/mol. The molecule has 1 aromatic rings.